The monoisotopic (exact) mass is 721 g/mol. The number of pyridine rings is 1. The van der Waals surface area contributed by atoms with Gasteiger partial charge in [0.05, 0.1) is 36.5 Å². The van der Waals surface area contributed by atoms with E-state index in [-0.39, 0.29) is 37.2 Å². The second-order valence-electron chi connectivity index (χ2n) is 14.0. The number of ether oxygens (including phenoxy) is 2. The molecule has 0 radical (unpaired) electrons. The molecule has 6 aromatic rings. The standard InChI is InChI=1S/C22H19N3O4.C19H16N4O2/c1-24-10-19(26)25-16(22(24)27)9-14-13-4-2-3-5-15(13)23-20(14)21(25)12-6-7-17-18(8-12)29-11-28-17;20-10-12-4-5-17-15(7-12)16-8-14(22-19(24)25)9-18(16)23(17)11-13-3-1-2-6-21-13/h2-8,16,21,23H,9-11H2,1H3;1-7,14,22H,8-9,11H2,(H,24,25)/t16-,21-;14-/m10/s1. The Bertz CT molecular complexity index is 2540. The van der Waals surface area contributed by atoms with Crippen molar-refractivity contribution in [2.75, 3.05) is 20.4 Å². The Balaban J connectivity index is 0.000000144. The molecule has 13 heteroatoms. The summed E-state index contributed by atoms with van der Waals surface area (Å²) >= 11 is 0. The summed E-state index contributed by atoms with van der Waals surface area (Å²) in [5.74, 6) is 1.28. The van der Waals surface area contributed by atoms with E-state index in [9.17, 15) is 19.6 Å². The molecule has 1 aliphatic carbocycles. The third-order valence-corrected chi connectivity index (χ3v) is 10.8. The Morgan fingerprint density at radius 2 is 1.81 bits per heavy atom. The summed E-state index contributed by atoms with van der Waals surface area (Å²) in [5, 5.41) is 22.9. The maximum absolute atomic E-state index is 13.1. The number of amides is 3. The van der Waals surface area contributed by atoms with Crippen LogP contribution in [0.25, 0.3) is 21.8 Å². The number of fused-ring (bicyclic) bond motifs is 8. The Hall–Kier alpha value is -6.81. The van der Waals surface area contributed by atoms with Gasteiger partial charge in [-0.2, -0.15) is 5.26 Å². The number of hydrogen-bond acceptors (Lipinski definition) is 7. The van der Waals surface area contributed by atoms with Crippen molar-refractivity contribution in [1.82, 2.24) is 29.7 Å². The minimum absolute atomic E-state index is 0.0220. The zero-order valence-corrected chi connectivity index (χ0v) is 29.3. The van der Waals surface area contributed by atoms with E-state index in [2.05, 4.69) is 32.0 Å². The number of hydrogen-bond donors (Lipinski definition) is 3. The lowest BCUT2D eigenvalue weighted by molar-refractivity contribution is -0.157. The lowest BCUT2D eigenvalue weighted by atomic mass is 9.86. The number of piperazine rings is 1. The molecule has 6 heterocycles. The smallest absolute Gasteiger partial charge is 0.404 e. The molecule has 13 nitrogen and oxygen atoms in total. The van der Waals surface area contributed by atoms with Crippen LogP contribution >= 0.6 is 0 Å². The summed E-state index contributed by atoms with van der Waals surface area (Å²) in [6.45, 7) is 0.903. The largest absolute Gasteiger partial charge is 0.465 e. The van der Waals surface area contributed by atoms with Crippen LogP contribution in [0, 0.1) is 11.3 Å². The second kappa shape index (κ2) is 13.0. The summed E-state index contributed by atoms with van der Waals surface area (Å²) in [6.07, 6.45) is 2.56. The highest BCUT2D eigenvalue weighted by Gasteiger charge is 2.47. The number of para-hydroxylation sites is 1. The fraction of sp³-hybridized carbons (Fsp3) is 0.244. The number of H-pyrrole nitrogens is 1. The third-order valence-electron chi connectivity index (χ3n) is 10.8. The van der Waals surface area contributed by atoms with Crippen LogP contribution in [0.1, 0.15) is 45.4 Å². The Labute approximate surface area is 309 Å². The van der Waals surface area contributed by atoms with Gasteiger partial charge in [0, 0.05) is 65.3 Å². The van der Waals surface area contributed by atoms with Gasteiger partial charge in [0.25, 0.3) is 0 Å². The van der Waals surface area contributed by atoms with E-state index < -0.39 is 12.1 Å². The van der Waals surface area contributed by atoms with Crippen LogP contribution in [0.2, 0.25) is 0 Å². The Morgan fingerprint density at radius 1 is 0.981 bits per heavy atom. The lowest BCUT2D eigenvalue weighted by Crippen LogP contribution is -2.62. The van der Waals surface area contributed by atoms with Crippen LogP contribution in [0.5, 0.6) is 11.5 Å². The van der Waals surface area contributed by atoms with Gasteiger partial charge in [0.15, 0.2) is 11.5 Å². The highest BCUT2D eigenvalue weighted by molar-refractivity contribution is 5.97. The summed E-state index contributed by atoms with van der Waals surface area (Å²) in [4.78, 5) is 48.3. The van der Waals surface area contributed by atoms with Crippen molar-refractivity contribution in [2.45, 2.75) is 43.9 Å². The predicted octanol–water partition coefficient (Wildman–Crippen LogP) is 4.90. The first-order chi connectivity index (χ1) is 26.3. The van der Waals surface area contributed by atoms with Crippen molar-refractivity contribution < 1.29 is 29.0 Å². The van der Waals surface area contributed by atoms with Gasteiger partial charge in [-0.25, -0.2) is 4.79 Å². The van der Waals surface area contributed by atoms with E-state index in [4.69, 9.17) is 14.6 Å². The Morgan fingerprint density at radius 3 is 2.63 bits per heavy atom. The molecule has 3 aromatic carbocycles. The normalized spacial score (nSPS) is 19.5. The molecule has 3 amide bonds. The molecule has 0 saturated carbocycles. The first-order valence-electron chi connectivity index (χ1n) is 17.8. The number of nitrogens with zero attached hydrogens (tertiary/aromatic N) is 5. The van der Waals surface area contributed by atoms with Crippen LogP contribution in [0.15, 0.2) is 85.1 Å². The molecule has 54 heavy (non-hydrogen) atoms. The maximum Gasteiger partial charge on any atom is 0.404 e. The fourth-order valence-corrected chi connectivity index (χ4v) is 8.51. The molecule has 0 unspecified atom stereocenters. The molecule has 3 aliphatic heterocycles. The first-order valence-corrected chi connectivity index (χ1v) is 17.8. The highest BCUT2D eigenvalue weighted by Crippen LogP contribution is 2.45. The van der Waals surface area contributed by atoms with Gasteiger partial charge in [0.1, 0.15) is 6.04 Å². The molecule has 3 atom stereocenters. The van der Waals surface area contributed by atoms with Gasteiger partial charge >= 0.3 is 6.09 Å². The van der Waals surface area contributed by atoms with Crippen molar-refractivity contribution in [1.29, 1.82) is 5.26 Å². The van der Waals surface area contributed by atoms with Crippen LogP contribution in [-0.2, 0) is 35.4 Å². The topological polar surface area (TPSA) is 166 Å². The first kappa shape index (κ1) is 33.1. The fourth-order valence-electron chi connectivity index (χ4n) is 8.51. The quantitative estimate of drug-likeness (QED) is 0.231. The summed E-state index contributed by atoms with van der Waals surface area (Å²) in [5.41, 5.74) is 8.84. The van der Waals surface area contributed by atoms with E-state index in [0.717, 1.165) is 55.6 Å². The average Bonchev–Trinajstić information content (AvgIpc) is 3.96. The zero-order chi connectivity index (χ0) is 37.1. The number of carboxylic acid groups (broad SMARTS) is 1. The lowest BCUT2D eigenvalue weighted by Gasteiger charge is -2.46. The number of rotatable bonds is 4. The minimum Gasteiger partial charge on any atom is -0.465 e. The van der Waals surface area contributed by atoms with Crippen molar-refractivity contribution in [3.05, 3.63) is 124 Å². The molecule has 0 spiro atoms. The predicted molar refractivity (Wildman–Crippen MR) is 197 cm³/mol. The van der Waals surface area contributed by atoms with Gasteiger partial charge < -0.3 is 39.2 Å². The summed E-state index contributed by atoms with van der Waals surface area (Å²) in [7, 11) is 1.69. The molecular weight excluding hydrogens is 686 g/mol. The van der Waals surface area contributed by atoms with Crippen molar-refractivity contribution >= 4 is 39.7 Å². The van der Waals surface area contributed by atoms with E-state index >= 15 is 0 Å². The summed E-state index contributed by atoms with van der Waals surface area (Å²) in [6, 6.07) is 26.5. The number of nitriles is 1. The zero-order valence-electron chi connectivity index (χ0n) is 29.3. The second-order valence-corrected chi connectivity index (χ2v) is 14.0. The number of nitrogens with one attached hydrogen (secondary N) is 2. The molecule has 1 saturated heterocycles. The van der Waals surface area contributed by atoms with Crippen molar-refractivity contribution in [3.63, 3.8) is 0 Å². The molecular formula is C41H35N7O6. The average molecular weight is 722 g/mol. The van der Waals surface area contributed by atoms with E-state index in [1.807, 2.05) is 72.8 Å². The van der Waals surface area contributed by atoms with Gasteiger partial charge in [-0.3, -0.25) is 14.6 Å². The molecule has 4 aliphatic rings. The van der Waals surface area contributed by atoms with E-state index in [1.165, 1.54) is 4.90 Å². The minimum atomic E-state index is -1.01. The molecule has 270 valence electrons. The number of carbonyl (C=O) groups is 3. The van der Waals surface area contributed by atoms with Crippen LogP contribution in [0.3, 0.4) is 0 Å². The van der Waals surface area contributed by atoms with Gasteiger partial charge in [-0.15, -0.1) is 0 Å². The van der Waals surface area contributed by atoms with E-state index in [1.54, 1.807) is 18.1 Å². The van der Waals surface area contributed by atoms with Crippen molar-refractivity contribution in [2.24, 2.45) is 0 Å². The van der Waals surface area contributed by atoms with Crippen molar-refractivity contribution in [3.8, 4) is 17.6 Å². The molecule has 10 rings (SSSR count). The van der Waals surface area contributed by atoms with Gasteiger partial charge in [0.2, 0.25) is 18.6 Å². The van der Waals surface area contributed by atoms with E-state index in [0.29, 0.717) is 42.9 Å². The van der Waals surface area contributed by atoms with Crippen LogP contribution < -0.4 is 14.8 Å². The highest BCUT2D eigenvalue weighted by atomic mass is 16.7. The number of aromatic nitrogens is 3. The maximum atomic E-state index is 13.1. The number of benzene rings is 3. The molecule has 1 fully saturated rings. The molecule has 3 N–H and O–H groups in total. The van der Waals surface area contributed by atoms with Crippen LogP contribution in [0.4, 0.5) is 4.79 Å². The van der Waals surface area contributed by atoms with Gasteiger partial charge in [-0.05, 0) is 71.6 Å². The number of likely N-dealkylation sites (N-methyl/N-ethyl adjacent to an activating group) is 1. The number of carbonyl (C=O) groups excluding carboxylic acids is 2. The third kappa shape index (κ3) is 5.54. The number of aromatic amines is 1. The molecule has 0 bridgehead atoms. The molecule has 3 aromatic heterocycles. The Kier molecular flexibility index (Phi) is 7.96. The van der Waals surface area contributed by atoms with Crippen LogP contribution in [-0.4, -0.2) is 79.8 Å². The SMILES string of the molecule is CN1CC(=O)N2[C@H](c3ccc4c(c3)OCO4)c3[nH]c4ccccc4c3C[C@@H]2C1=O.N#Cc1ccc2c(c1)c1c(n2Cc2ccccn2)C[C@@H](NC(=O)O)C1. The summed E-state index contributed by atoms with van der Waals surface area (Å²) < 4.78 is 13.2. The van der Waals surface area contributed by atoms with Gasteiger partial charge in [-0.1, -0.05) is 30.3 Å².